The lowest BCUT2D eigenvalue weighted by molar-refractivity contribution is -0.141. The molecule has 0 aliphatic heterocycles. The van der Waals surface area contributed by atoms with Crippen molar-refractivity contribution in [3.63, 3.8) is 0 Å². The third kappa shape index (κ3) is 5.61. The highest BCUT2D eigenvalue weighted by Gasteiger charge is 2.38. The van der Waals surface area contributed by atoms with Gasteiger partial charge in [0, 0.05) is 18.4 Å². The summed E-state index contributed by atoms with van der Waals surface area (Å²) in [4.78, 5) is 19.2. The van der Waals surface area contributed by atoms with Crippen molar-refractivity contribution < 1.29 is 35.5 Å². The Labute approximate surface area is 172 Å². The first kappa shape index (κ1) is 22.8. The smallest absolute Gasteiger partial charge is 0.352 e. The van der Waals surface area contributed by atoms with E-state index in [4.69, 9.17) is 0 Å². The number of amides is 1. The Morgan fingerprint density at radius 2 is 1.74 bits per heavy atom. The van der Waals surface area contributed by atoms with E-state index in [1.54, 1.807) is 0 Å². The van der Waals surface area contributed by atoms with Crippen molar-refractivity contribution in [3.8, 4) is 0 Å². The third-order valence-electron chi connectivity index (χ3n) is 4.86. The van der Waals surface area contributed by atoms with Gasteiger partial charge in [-0.3, -0.25) is 4.79 Å². The molecule has 1 aliphatic rings. The summed E-state index contributed by atoms with van der Waals surface area (Å²) in [5.74, 6) is -3.05. The molecule has 2 aromatic rings. The second-order valence-electron chi connectivity index (χ2n) is 7.13. The van der Waals surface area contributed by atoms with Crippen LogP contribution in [0.1, 0.15) is 47.3 Å². The predicted molar refractivity (Wildman–Crippen MR) is 96.0 cm³/mol. The van der Waals surface area contributed by atoms with Gasteiger partial charge in [-0.2, -0.15) is 26.3 Å². The van der Waals surface area contributed by atoms with Gasteiger partial charge in [-0.1, -0.05) is 12.8 Å². The van der Waals surface area contributed by atoms with Crippen LogP contribution < -0.4 is 10.6 Å². The fraction of sp³-hybridized carbons (Fsp3) is 0.421. The Hall–Kier alpha value is -2.92. The first-order valence-corrected chi connectivity index (χ1v) is 9.31. The monoisotopic (exact) mass is 450 g/mol. The minimum atomic E-state index is -5.00. The average molecular weight is 450 g/mol. The Morgan fingerprint density at radius 3 is 2.32 bits per heavy atom. The highest BCUT2D eigenvalue weighted by atomic mass is 19.4. The summed E-state index contributed by atoms with van der Waals surface area (Å²) in [6.45, 7) is 0.237. The third-order valence-corrected chi connectivity index (χ3v) is 4.86. The lowest BCUT2D eigenvalue weighted by Crippen LogP contribution is -2.31. The molecule has 1 aliphatic carbocycles. The van der Waals surface area contributed by atoms with Gasteiger partial charge in [-0.15, -0.1) is 0 Å². The number of anilines is 2. The number of halogens is 7. The van der Waals surface area contributed by atoms with E-state index in [1.165, 1.54) is 0 Å². The van der Waals surface area contributed by atoms with Crippen LogP contribution in [0.3, 0.4) is 0 Å². The zero-order chi connectivity index (χ0) is 22.8. The zero-order valence-corrected chi connectivity index (χ0v) is 15.9. The zero-order valence-electron chi connectivity index (χ0n) is 15.9. The van der Waals surface area contributed by atoms with E-state index >= 15 is 0 Å². The molecule has 0 atom stereocenters. The molecule has 0 saturated heterocycles. The number of carbonyl (C=O) groups excluding carboxylic acids is 1. The van der Waals surface area contributed by atoms with Crippen molar-refractivity contribution >= 4 is 17.5 Å². The van der Waals surface area contributed by atoms with E-state index in [-0.39, 0.29) is 18.2 Å². The Balaban J connectivity index is 1.81. The first-order valence-electron chi connectivity index (χ1n) is 9.31. The van der Waals surface area contributed by atoms with Crippen LogP contribution in [0.2, 0.25) is 0 Å². The number of rotatable bonds is 5. The van der Waals surface area contributed by atoms with Gasteiger partial charge in [0.2, 0.25) is 5.95 Å². The molecule has 0 radical (unpaired) electrons. The van der Waals surface area contributed by atoms with Crippen LogP contribution in [-0.4, -0.2) is 22.4 Å². The molecule has 31 heavy (non-hydrogen) atoms. The standard InChI is InChI=1S/C19H17F7N4O/c20-14-7-11(5-6-13(14)18(21,22)23)29-17-28-9-12(15(30-17)19(24,25)26)16(31)27-8-10-3-1-2-4-10/h5-7,9-10H,1-4,8H2,(H,27,31)(H,28,29,30). The number of hydrogen-bond donors (Lipinski definition) is 2. The Morgan fingerprint density at radius 1 is 1.06 bits per heavy atom. The molecule has 0 unspecified atom stereocenters. The van der Waals surface area contributed by atoms with Crippen molar-refractivity contribution in [2.24, 2.45) is 5.92 Å². The lowest BCUT2D eigenvalue weighted by atomic mass is 10.1. The Bertz CT molecular complexity index is 953. The van der Waals surface area contributed by atoms with Crippen LogP contribution in [0.25, 0.3) is 0 Å². The maximum absolute atomic E-state index is 13.7. The van der Waals surface area contributed by atoms with Crippen molar-refractivity contribution in [1.29, 1.82) is 0 Å². The highest BCUT2D eigenvalue weighted by Crippen LogP contribution is 2.34. The van der Waals surface area contributed by atoms with Gasteiger partial charge in [0.25, 0.3) is 5.91 Å². The molecular formula is C19H17F7N4O. The molecule has 1 saturated carbocycles. The number of nitrogens with zero attached hydrogens (tertiary/aromatic N) is 2. The van der Waals surface area contributed by atoms with E-state index in [0.717, 1.165) is 31.7 Å². The second kappa shape index (κ2) is 8.67. The molecule has 168 valence electrons. The van der Waals surface area contributed by atoms with E-state index in [0.29, 0.717) is 18.3 Å². The average Bonchev–Trinajstić information content (AvgIpc) is 3.18. The van der Waals surface area contributed by atoms with Gasteiger partial charge in [-0.05, 0) is 37.0 Å². The molecule has 12 heteroatoms. The van der Waals surface area contributed by atoms with Crippen LogP contribution in [0, 0.1) is 11.7 Å². The summed E-state index contributed by atoms with van der Waals surface area (Å²) in [5.41, 5.74) is -4.11. The molecule has 0 bridgehead atoms. The summed E-state index contributed by atoms with van der Waals surface area (Å²) in [5, 5.41) is 4.67. The van der Waals surface area contributed by atoms with E-state index in [9.17, 15) is 35.5 Å². The molecular weight excluding hydrogens is 433 g/mol. The number of alkyl halides is 6. The maximum Gasteiger partial charge on any atom is 0.434 e. The summed E-state index contributed by atoms with van der Waals surface area (Å²) >= 11 is 0. The van der Waals surface area contributed by atoms with Crippen molar-refractivity contribution in [2.45, 2.75) is 38.0 Å². The molecule has 3 rings (SSSR count). The molecule has 0 spiro atoms. The number of benzene rings is 1. The highest BCUT2D eigenvalue weighted by molar-refractivity contribution is 5.95. The quantitative estimate of drug-likeness (QED) is 0.606. The predicted octanol–water partition coefficient (Wildman–Crippen LogP) is 5.32. The fourth-order valence-electron chi connectivity index (χ4n) is 3.32. The van der Waals surface area contributed by atoms with E-state index in [1.807, 2.05) is 0 Å². The summed E-state index contributed by atoms with van der Waals surface area (Å²) in [6.07, 6.45) is -5.47. The van der Waals surface area contributed by atoms with Crippen LogP contribution in [0.5, 0.6) is 0 Å². The molecule has 1 fully saturated rings. The molecule has 1 amide bonds. The van der Waals surface area contributed by atoms with E-state index < -0.39 is 46.8 Å². The van der Waals surface area contributed by atoms with Gasteiger partial charge in [0.05, 0.1) is 11.1 Å². The van der Waals surface area contributed by atoms with Crippen LogP contribution in [0.15, 0.2) is 24.4 Å². The number of nitrogens with one attached hydrogen (secondary N) is 2. The minimum Gasteiger partial charge on any atom is -0.352 e. The van der Waals surface area contributed by atoms with Crippen molar-refractivity contribution in [1.82, 2.24) is 15.3 Å². The topological polar surface area (TPSA) is 66.9 Å². The van der Waals surface area contributed by atoms with E-state index in [2.05, 4.69) is 20.6 Å². The molecule has 1 aromatic carbocycles. The summed E-state index contributed by atoms with van der Waals surface area (Å²) in [6, 6.07) is 1.72. The fourth-order valence-corrected chi connectivity index (χ4v) is 3.32. The van der Waals surface area contributed by atoms with Gasteiger partial charge < -0.3 is 10.6 Å². The van der Waals surface area contributed by atoms with Gasteiger partial charge >= 0.3 is 12.4 Å². The molecule has 1 aromatic heterocycles. The van der Waals surface area contributed by atoms with Crippen LogP contribution in [0.4, 0.5) is 42.4 Å². The van der Waals surface area contributed by atoms with Crippen molar-refractivity contribution in [2.75, 3.05) is 11.9 Å². The number of aromatic nitrogens is 2. The molecule has 1 heterocycles. The van der Waals surface area contributed by atoms with Gasteiger partial charge in [-0.25, -0.2) is 14.4 Å². The normalized spacial score (nSPS) is 15.2. The number of carbonyl (C=O) groups is 1. The second-order valence-corrected chi connectivity index (χ2v) is 7.13. The summed E-state index contributed by atoms with van der Waals surface area (Å²) < 4.78 is 91.8. The number of hydrogen-bond acceptors (Lipinski definition) is 4. The van der Waals surface area contributed by atoms with Crippen LogP contribution in [-0.2, 0) is 12.4 Å². The first-order chi connectivity index (χ1) is 14.4. The SMILES string of the molecule is O=C(NCC1CCCC1)c1cnc(Nc2ccc(C(F)(F)F)c(F)c2)nc1C(F)(F)F. The minimum absolute atomic E-state index is 0.203. The molecule has 2 N–H and O–H groups in total. The van der Waals surface area contributed by atoms with Gasteiger partial charge in [0.15, 0.2) is 5.69 Å². The lowest BCUT2D eigenvalue weighted by Gasteiger charge is -2.15. The molecule has 5 nitrogen and oxygen atoms in total. The largest absolute Gasteiger partial charge is 0.434 e. The summed E-state index contributed by atoms with van der Waals surface area (Å²) in [7, 11) is 0. The van der Waals surface area contributed by atoms with Crippen LogP contribution >= 0.6 is 0 Å². The maximum atomic E-state index is 13.7. The van der Waals surface area contributed by atoms with Crippen molar-refractivity contribution in [3.05, 3.63) is 47.0 Å². The van der Waals surface area contributed by atoms with Gasteiger partial charge in [0.1, 0.15) is 5.82 Å². The Kier molecular flexibility index (Phi) is 6.37.